The van der Waals surface area contributed by atoms with E-state index in [1.54, 1.807) is 7.11 Å². The van der Waals surface area contributed by atoms with Crippen LogP contribution in [0, 0.1) is 23.7 Å². The van der Waals surface area contributed by atoms with Crippen LogP contribution in [0.3, 0.4) is 0 Å². The Morgan fingerprint density at radius 3 is 2.65 bits per heavy atom. The minimum atomic E-state index is -0.896. The van der Waals surface area contributed by atoms with Gasteiger partial charge < -0.3 is 15.2 Å². The first-order valence-electron chi connectivity index (χ1n) is 8.24. The van der Waals surface area contributed by atoms with Crippen LogP contribution in [-0.4, -0.2) is 30.6 Å². The smallest absolute Gasteiger partial charge is 0.308 e. The topological polar surface area (TPSA) is 75.6 Å². The molecule has 0 aromatic heterocycles. The van der Waals surface area contributed by atoms with E-state index in [2.05, 4.69) is 5.32 Å². The zero-order chi connectivity index (χ0) is 16.4. The van der Waals surface area contributed by atoms with Crippen molar-refractivity contribution in [2.45, 2.75) is 25.7 Å². The number of para-hydroxylation sites is 1. The standard InChI is InChI=1S/C18H23NO4/c1-23-15-8-3-2-5-11(15)9-12(18(21)22)10-19-17(20)16-13-6-4-7-14(13)16/h2-3,5,8,12-14,16H,4,6-7,9-10H2,1H3,(H,19,20)(H,21,22)/t12-,13-,14+,16?/m1/s1. The number of ether oxygens (including phenoxy) is 1. The second kappa shape index (κ2) is 6.60. The van der Waals surface area contributed by atoms with Crippen LogP contribution in [0.15, 0.2) is 24.3 Å². The number of amides is 1. The number of fused-ring (bicyclic) bond motifs is 1. The van der Waals surface area contributed by atoms with Crippen LogP contribution in [-0.2, 0) is 16.0 Å². The fraction of sp³-hybridized carbons (Fsp3) is 0.556. The lowest BCUT2D eigenvalue weighted by atomic mass is 9.98. The van der Waals surface area contributed by atoms with Gasteiger partial charge in [0.15, 0.2) is 0 Å². The highest BCUT2D eigenvalue weighted by Gasteiger charge is 2.56. The molecule has 0 bridgehead atoms. The summed E-state index contributed by atoms with van der Waals surface area (Å²) >= 11 is 0. The second-order valence-electron chi connectivity index (χ2n) is 6.58. The monoisotopic (exact) mass is 317 g/mol. The largest absolute Gasteiger partial charge is 0.496 e. The second-order valence-corrected chi connectivity index (χ2v) is 6.58. The van der Waals surface area contributed by atoms with Gasteiger partial charge in [-0.15, -0.1) is 0 Å². The van der Waals surface area contributed by atoms with Crippen LogP contribution in [0.1, 0.15) is 24.8 Å². The Morgan fingerprint density at radius 2 is 2.00 bits per heavy atom. The first kappa shape index (κ1) is 15.8. The molecule has 0 radical (unpaired) electrons. The van der Waals surface area contributed by atoms with E-state index in [0.29, 0.717) is 24.0 Å². The van der Waals surface area contributed by atoms with Crippen LogP contribution >= 0.6 is 0 Å². The Balaban J connectivity index is 1.57. The molecule has 2 aliphatic carbocycles. The Labute approximate surface area is 136 Å². The van der Waals surface area contributed by atoms with Crippen molar-refractivity contribution in [3.8, 4) is 5.75 Å². The highest BCUT2D eigenvalue weighted by molar-refractivity contribution is 5.83. The molecular formula is C18H23NO4. The summed E-state index contributed by atoms with van der Waals surface area (Å²) in [6.45, 7) is 0.169. The van der Waals surface area contributed by atoms with Crippen molar-refractivity contribution in [2.75, 3.05) is 13.7 Å². The molecule has 0 heterocycles. The van der Waals surface area contributed by atoms with Crippen LogP contribution in [0.5, 0.6) is 5.75 Å². The number of hydrogen-bond donors (Lipinski definition) is 2. The fourth-order valence-corrected chi connectivity index (χ4v) is 3.94. The van der Waals surface area contributed by atoms with Crippen molar-refractivity contribution in [1.82, 2.24) is 5.32 Å². The molecule has 0 aliphatic heterocycles. The molecule has 1 aromatic carbocycles. The number of nitrogens with one attached hydrogen (secondary N) is 1. The van der Waals surface area contributed by atoms with Gasteiger partial charge >= 0.3 is 5.97 Å². The predicted octanol–water partition coefficient (Wildman–Crippen LogP) is 2.10. The molecule has 1 unspecified atom stereocenters. The maximum Gasteiger partial charge on any atom is 0.308 e. The molecule has 2 N–H and O–H groups in total. The molecule has 5 heteroatoms. The van der Waals surface area contributed by atoms with Crippen molar-refractivity contribution in [1.29, 1.82) is 0 Å². The zero-order valence-electron chi connectivity index (χ0n) is 13.3. The molecule has 5 nitrogen and oxygen atoms in total. The van der Waals surface area contributed by atoms with Crippen molar-refractivity contribution >= 4 is 11.9 Å². The van der Waals surface area contributed by atoms with Gasteiger partial charge in [0, 0.05) is 12.5 Å². The average Bonchev–Trinajstić information content (AvgIpc) is 3.03. The summed E-state index contributed by atoms with van der Waals surface area (Å²) in [6.07, 6.45) is 3.86. The first-order valence-corrected chi connectivity index (χ1v) is 8.24. The SMILES string of the molecule is COc1ccccc1C[C@H](CNC(=O)C1[C@H]2CCC[C@@H]12)C(=O)O. The number of hydrogen-bond acceptors (Lipinski definition) is 3. The van der Waals surface area contributed by atoms with Gasteiger partial charge in [0.1, 0.15) is 5.75 Å². The lowest BCUT2D eigenvalue weighted by molar-refractivity contribution is -0.141. The number of carbonyl (C=O) groups excluding carboxylic acids is 1. The molecule has 0 spiro atoms. The third-order valence-electron chi connectivity index (χ3n) is 5.24. The number of benzene rings is 1. The average molecular weight is 317 g/mol. The van der Waals surface area contributed by atoms with Gasteiger partial charge in [0.25, 0.3) is 0 Å². The lowest BCUT2D eigenvalue weighted by Gasteiger charge is -2.16. The highest BCUT2D eigenvalue weighted by atomic mass is 16.5. The maximum absolute atomic E-state index is 12.2. The van der Waals surface area contributed by atoms with Gasteiger partial charge in [-0.2, -0.15) is 0 Å². The molecule has 2 saturated carbocycles. The summed E-state index contributed by atoms with van der Waals surface area (Å²) in [4.78, 5) is 23.7. The molecule has 2 aliphatic rings. The van der Waals surface area contributed by atoms with E-state index in [1.165, 1.54) is 6.42 Å². The first-order chi connectivity index (χ1) is 11.1. The summed E-state index contributed by atoms with van der Waals surface area (Å²) in [5.41, 5.74) is 0.847. The molecule has 1 aromatic rings. The van der Waals surface area contributed by atoms with Crippen molar-refractivity contribution in [3.63, 3.8) is 0 Å². The maximum atomic E-state index is 12.2. The summed E-state index contributed by atoms with van der Waals surface area (Å²) in [5, 5.41) is 12.3. The summed E-state index contributed by atoms with van der Waals surface area (Å²) < 4.78 is 5.27. The number of carbonyl (C=O) groups is 2. The van der Waals surface area contributed by atoms with E-state index in [9.17, 15) is 14.7 Å². The summed E-state index contributed by atoms with van der Waals surface area (Å²) in [6, 6.07) is 7.40. The molecule has 124 valence electrons. The van der Waals surface area contributed by atoms with E-state index < -0.39 is 11.9 Å². The van der Waals surface area contributed by atoms with Gasteiger partial charge in [-0.3, -0.25) is 9.59 Å². The third-order valence-corrected chi connectivity index (χ3v) is 5.24. The van der Waals surface area contributed by atoms with E-state index in [1.807, 2.05) is 24.3 Å². The number of methoxy groups -OCH3 is 1. The van der Waals surface area contributed by atoms with E-state index >= 15 is 0 Å². The van der Waals surface area contributed by atoms with Crippen LogP contribution in [0.25, 0.3) is 0 Å². The van der Waals surface area contributed by atoms with Crippen LogP contribution < -0.4 is 10.1 Å². The fourth-order valence-electron chi connectivity index (χ4n) is 3.94. The minimum Gasteiger partial charge on any atom is -0.496 e. The molecule has 23 heavy (non-hydrogen) atoms. The van der Waals surface area contributed by atoms with Crippen molar-refractivity contribution in [3.05, 3.63) is 29.8 Å². The number of aliphatic carboxylic acids is 1. The minimum absolute atomic E-state index is 0.0333. The van der Waals surface area contributed by atoms with Gasteiger partial charge in [-0.05, 0) is 42.7 Å². The van der Waals surface area contributed by atoms with Crippen molar-refractivity contribution in [2.24, 2.45) is 23.7 Å². The predicted molar refractivity (Wildman–Crippen MR) is 85.2 cm³/mol. The summed E-state index contributed by atoms with van der Waals surface area (Å²) in [7, 11) is 1.57. The summed E-state index contributed by atoms with van der Waals surface area (Å²) in [5.74, 6) is 0.401. The van der Waals surface area contributed by atoms with E-state index in [4.69, 9.17) is 4.74 Å². The van der Waals surface area contributed by atoms with Crippen LogP contribution in [0.4, 0.5) is 0 Å². The Kier molecular flexibility index (Phi) is 4.55. The molecule has 3 rings (SSSR count). The number of rotatable bonds is 7. The normalized spacial score (nSPS) is 26.2. The van der Waals surface area contributed by atoms with Crippen molar-refractivity contribution < 1.29 is 19.4 Å². The Hall–Kier alpha value is -2.04. The van der Waals surface area contributed by atoms with Gasteiger partial charge in [-0.25, -0.2) is 0 Å². The molecule has 1 amide bonds. The molecule has 2 fully saturated rings. The van der Waals surface area contributed by atoms with Crippen LogP contribution in [0.2, 0.25) is 0 Å². The zero-order valence-corrected chi connectivity index (χ0v) is 13.3. The highest BCUT2D eigenvalue weighted by Crippen LogP contribution is 2.57. The van der Waals surface area contributed by atoms with Gasteiger partial charge in [-0.1, -0.05) is 24.6 Å². The van der Waals surface area contributed by atoms with Gasteiger partial charge in [0.05, 0.1) is 13.0 Å². The van der Waals surface area contributed by atoms with Gasteiger partial charge in [0.2, 0.25) is 5.91 Å². The molecule has 0 saturated heterocycles. The Bertz CT molecular complexity index is 590. The third kappa shape index (κ3) is 3.33. The number of carboxylic acids is 1. The quantitative estimate of drug-likeness (QED) is 0.807. The lowest BCUT2D eigenvalue weighted by Crippen LogP contribution is -2.35. The number of carboxylic acid groups (broad SMARTS) is 1. The molecule has 4 atom stereocenters. The van der Waals surface area contributed by atoms with E-state index in [-0.39, 0.29) is 18.4 Å². The Morgan fingerprint density at radius 1 is 1.30 bits per heavy atom. The van der Waals surface area contributed by atoms with E-state index in [0.717, 1.165) is 18.4 Å². The molecular weight excluding hydrogens is 294 g/mol.